The van der Waals surface area contributed by atoms with E-state index in [0.29, 0.717) is 22.7 Å². The van der Waals surface area contributed by atoms with E-state index in [1.807, 2.05) is 6.08 Å². The van der Waals surface area contributed by atoms with Crippen LogP contribution in [0.15, 0.2) is 47.2 Å². The van der Waals surface area contributed by atoms with Crippen molar-refractivity contribution in [3.05, 3.63) is 52.8 Å². The van der Waals surface area contributed by atoms with Crippen LogP contribution in [-0.2, 0) is 0 Å². The molecular formula is C19H23N3O2. The van der Waals surface area contributed by atoms with Crippen LogP contribution in [0.1, 0.15) is 39.5 Å². The number of nitrogens with zero attached hydrogens (tertiary/aromatic N) is 2. The van der Waals surface area contributed by atoms with Gasteiger partial charge in [0.2, 0.25) is 0 Å². The van der Waals surface area contributed by atoms with Crippen LogP contribution in [0.2, 0.25) is 0 Å². The molecule has 2 unspecified atom stereocenters. The number of hydrogen-bond donors (Lipinski definition) is 1. The standard InChI is InChI=1S/C19H23N3O2/c1-3-5-6-14-11-15(8-7-13(14)4-2)24-19-21-17-12-20-10-9-16(17)18(23)22-19/h7-14H,3-6H2,1-2H3,(H,21,22,23). The molecule has 1 aliphatic rings. The third-order valence-corrected chi connectivity index (χ3v) is 4.50. The molecule has 0 saturated carbocycles. The first-order chi connectivity index (χ1) is 11.7. The highest BCUT2D eigenvalue weighted by Gasteiger charge is 2.20. The summed E-state index contributed by atoms with van der Waals surface area (Å²) in [6.07, 6.45) is 14.2. The first kappa shape index (κ1) is 16.4. The highest BCUT2D eigenvalue weighted by Crippen LogP contribution is 2.30. The second-order valence-corrected chi connectivity index (χ2v) is 6.17. The monoisotopic (exact) mass is 325 g/mol. The van der Waals surface area contributed by atoms with Crippen LogP contribution < -0.4 is 10.3 Å². The van der Waals surface area contributed by atoms with Crippen molar-refractivity contribution in [2.45, 2.75) is 39.5 Å². The molecule has 5 heteroatoms. The topological polar surface area (TPSA) is 67.9 Å². The number of H-pyrrole nitrogens is 1. The maximum Gasteiger partial charge on any atom is 0.302 e. The number of hydrogen-bond acceptors (Lipinski definition) is 4. The lowest BCUT2D eigenvalue weighted by atomic mass is 9.83. The van der Waals surface area contributed by atoms with Crippen LogP contribution in [0, 0.1) is 11.8 Å². The van der Waals surface area contributed by atoms with Gasteiger partial charge in [-0.25, -0.2) is 0 Å². The second kappa shape index (κ2) is 7.43. The minimum absolute atomic E-state index is 0.209. The molecular weight excluding hydrogens is 302 g/mol. The number of fused-ring (bicyclic) bond motifs is 1. The molecule has 24 heavy (non-hydrogen) atoms. The number of ether oxygens (including phenoxy) is 1. The Morgan fingerprint density at radius 3 is 2.96 bits per heavy atom. The summed E-state index contributed by atoms with van der Waals surface area (Å²) in [5, 5.41) is 0.511. The zero-order valence-corrected chi connectivity index (χ0v) is 14.2. The molecule has 2 aromatic rings. The molecule has 0 saturated heterocycles. The van der Waals surface area contributed by atoms with Gasteiger partial charge in [-0.1, -0.05) is 32.8 Å². The Labute approximate surface area is 141 Å². The zero-order chi connectivity index (χ0) is 16.9. The van der Waals surface area contributed by atoms with Crippen LogP contribution >= 0.6 is 0 Å². The molecule has 1 N–H and O–H groups in total. The fraction of sp³-hybridized carbons (Fsp3) is 0.421. The van der Waals surface area contributed by atoms with Crippen molar-refractivity contribution in [1.29, 1.82) is 0 Å². The van der Waals surface area contributed by atoms with E-state index in [1.165, 1.54) is 12.8 Å². The average molecular weight is 325 g/mol. The fourth-order valence-electron chi connectivity index (χ4n) is 3.12. The lowest BCUT2D eigenvalue weighted by Gasteiger charge is -2.24. The Balaban J connectivity index is 1.83. The molecule has 0 fully saturated rings. The van der Waals surface area contributed by atoms with Crippen LogP contribution in [0.25, 0.3) is 10.9 Å². The molecule has 5 nitrogen and oxygen atoms in total. The van der Waals surface area contributed by atoms with E-state index >= 15 is 0 Å². The summed E-state index contributed by atoms with van der Waals surface area (Å²) in [7, 11) is 0. The predicted molar refractivity (Wildman–Crippen MR) is 94.8 cm³/mol. The molecule has 0 spiro atoms. The smallest absolute Gasteiger partial charge is 0.302 e. The number of aromatic nitrogens is 3. The van der Waals surface area contributed by atoms with Crippen LogP contribution in [-0.4, -0.2) is 15.0 Å². The molecule has 0 aromatic carbocycles. The van der Waals surface area contributed by atoms with Gasteiger partial charge in [0.25, 0.3) is 5.56 Å². The maximum atomic E-state index is 12.1. The largest absolute Gasteiger partial charge is 0.426 e. The van der Waals surface area contributed by atoms with Crippen molar-refractivity contribution in [3.8, 4) is 6.01 Å². The summed E-state index contributed by atoms with van der Waals surface area (Å²) in [5.74, 6) is 1.77. The van der Waals surface area contributed by atoms with Crippen molar-refractivity contribution in [2.24, 2.45) is 11.8 Å². The number of aromatic amines is 1. The highest BCUT2D eigenvalue weighted by molar-refractivity contribution is 5.76. The van der Waals surface area contributed by atoms with E-state index in [4.69, 9.17) is 4.74 Å². The molecule has 0 aliphatic heterocycles. The van der Waals surface area contributed by atoms with Crippen LogP contribution in [0.4, 0.5) is 0 Å². The van der Waals surface area contributed by atoms with Gasteiger partial charge in [-0.15, -0.1) is 0 Å². The minimum atomic E-state index is -0.216. The number of rotatable bonds is 6. The first-order valence-corrected chi connectivity index (χ1v) is 8.63. The van der Waals surface area contributed by atoms with Gasteiger partial charge in [-0.2, -0.15) is 4.98 Å². The van der Waals surface area contributed by atoms with Gasteiger partial charge in [0.15, 0.2) is 0 Å². The van der Waals surface area contributed by atoms with Gasteiger partial charge in [0.05, 0.1) is 17.1 Å². The average Bonchev–Trinajstić information content (AvgIpc) is 2.60. The Morgan fingerprint density at radius 1 is 1.29 bits per heavy atom. The fourth-order valence-corrected chi connectivity index (χ4v) is 3.12. The van der Waals surface area contributed by atoms with E-state index in [-0.39, 0.29) is 11.6 Å². The summed E-state index contributed by atoms with van der Waals surface area (Å²) in [4.78, 5) is 23.1. The van der Waals surface area contributed by atoms with Crippen molar-refractivity contribution >= 4 is 10.9 Å². The molecule has 3 rings (SSSR count). The predicted octanol–water partition coefficient (Wildman–Crippen LogP) is 3.98. The van der Waals surface area contributed by atoms with Crippen LogP contribution in [0.3, 0.4) is 0 Å². The molecule has 2 heterocycles. The zero-order valence-electron chi connectivity index (χ0n) is 14.2. The van der Waals surface area contributed by atoms with Crippen molar-refractivity contribution in [2.75, 3.05) is 0 Å². The summed E-state index contributed by atoms with van der Waals surface area (Å²) < 4.78 is 5.83. The quantitative estimate of drug-likeness (QED) is 0.872. The van der Waals surface area contributed by atoms with Crippen LogP contribution in [0.5, 0.6) is 6.01 Å². The summed E-state index contributed by atoms with van der Waals surface area (Å²) in [6.45, 7) is 4.42. The van der Waals surface area contributed by atoms with Crippen molar-refractivity contribution < 1.29 is 4.74 Å². The number of nitrogens with one attached hydrogen (secondary N) is 1. The van der Waals surface area contributed by atoms with Gasteiger partial charge in [0.1, 0.15) is 5.76 Å². The van der Waals surface area contributed by atoms with Crippen molar-refractivity contribution in [3.63, 3.8) is 0 Å². The summed E-state index contributed by atoms with van der Waals surface area (Å²) in [6, 6.07) is 1.86. The Hall–Kier alpha value is -2.43. The first-order valence-electron chi connectivity index (χ1n) is 8.63. The lowest BCUT2D eigenvalue weighted by molar-refractivity contribution is 0.362. The summed E-state index contributed by atoms with van der Waals surface area (Å²) >= 11 is 0. The molecule has 0 radical (unpaired) electrons. The number of pyridine rings is 1. The van der Waals surface area contributed by atoms with E-state index in [0.717, 1.165) is 18.6 Å². The SMILES string of the molecule is CCCCC1C=C(Oc2nc3cnccc3c(=O)[nH]2)C=CC1CC. The van der Waals surface area contributed by atoms with Gasteiger partial charge >= 0.3 is 6.01 Å². The second-order valence-electron chi connectivity index (χ2n) is 6.17. The third-order valence-electron chi connectivity index (χ3n) is 4.50. The maximum absolute atomic E-state index is 12.1. The van der Waals surface area contributed by atoms with Gasteiger partial charge < -0.3 is 4.74 Å². The van der Waals surface area contributed by atoms with Gasteiger partial charge in [-0.05, 0) is 42.9 Å². The highest BCUT2D eigenvalue weighted by atomic mass is 16.5. The molecule has 0 amide bonds. The number of allylic oxidation sites excluding steroid dienone is 3. The van der Waals surface area contributed by atoms with Gasteiger partial charge in [0, 0.05) is 6.20 Å². The number of unbranched alkanes of at least 4 members (excludes halogenated alkanes) is 1. The normalized spacial score (nSPS) is 20.2. The molecule has 126 valence electrons. The lowest BCUT2D eigenvalue weighted by Crippen LogP contribution is -2.16. The molecule has 2 aromatic heterocycles. The van der Waals surface area contributed by atoms with E-state index in [2.05, 4.69) is 41.0 Å². The Kier molecular flexibility index (Phi) is 5.08. The Morgan fingerprint density at radius 2 is 2.17 bits per heavy atom. The molecule has 2 atom stereocenters. The molecule has 1 aliphatic carbocycles. The minimum Gasteiger partial charge on any atom is -0.426 e. The van der Waals surface area contributed by atoms with E-state index in [9.17, 15) is 4.79 Å². The molecule has 0 bridgehead atoms. The van der Waals surface area contributed by atoms with Gasteiger partial charge in [-0.3, -0.25) is 14.8 Å². The van der Waals surface area contributed by atoms with Crippen molar-refractivity contribution in [1.82, 2.24) is 15.0 Å². The Bertz CT molecular complexity index is 823. The van der Waals surface area contributed by atoms with E-state index in [1.54, 1.807) is 18.5 Å². The van der Waals surface area contributed by atoms with E-state index < -0.39 is 0 Å². The third kappa shape index (κ3) is 3.55. The summed E-state index contributed by atoms with van der Waals surface area (Å²) in [5.41, 5.74) is 0.317.